The number of nitrogens with one attached hydrogen (secondary N) is 1. The Morgan fingerprint density at radius 1 is 1.14 bits per heavy atom. The molecule has 0 fully saturated rings. The summed E-state index contributed by atoms with van der Waals surface area (Å²) >= 11 is 0. The van der Waals surface area contributed by atoms with Gasteiger partial charge in [-0.25, -0.2) is 12.8 Å². The Morgan fingerprint density at radius 2 is 1.77 bits per heavy atom. The highest BCUT2D eigenvalue weighted by Crippen LogP contribution is 2.17. The van der Waals surface area contributed by atoms with Gasteiger partial charge in [-0.3, -0.25) is 4.79 Å². The summed E-state index contributed by atoms with van der Waals surface area (Å²) in [6, 6.07) is 9.88. The molecule has 2 aromatic carbocycles. The van der Waals surface area contributed by atoms with E-state index in [0.29, 0.717) is 11.3 Å². The third-order valence-electron chi connectivity index (χ3n) is 3.30. The first kappa shape index (κ1) is 16.2. The number of halogens is 1. The molecule has 0 radical (unpaired) electrons. The standard InChI is InChI=1S/C16H16FNO3S/c1-3-22(20,21)14-8-6-13(7-9-14)18-16(19)15-10-12(17)5-4-11(15)2/h4-10H,3H2,1-2H3,(H,18,19). The average molecular weight is 321 g/mol. The minimum atomic E-state index is -3.27. The molecular formula is C16H16FNO3S. The lowest BCUT2D eigenvalue weighted by Gasteiger charge is -2.09. The average Bonchev–Trinajstić information content (AvgIpc) is 2.50. The molecule has 0 atom stereocenters. The van der Waals surface area contributed by atoms with Gasteiger partial charge >= 0.3 is 0 Å². The highest BCUT2D eigenvalue weighted by molar-refractivity contribution is 7.91. The maximum absolute atomic E-state index is 13.2. The Balaban J connectivity index is 2.21. The van der Waals surface area contributed by atoms with E-state index in [9.17, 15) is 17.6 Å². The van der Waals surface area contributed by atoms with Crippen LogP contribution in [0.25, 0.3) is 0 Å². The molecule has 0 spiro atoms. The van der Waals surface area contributed by atoms with Crippen molar-refractivity contribution in [3.8, 4) is 0 Å². The van der Waals surface area contributed by atoms with E-state index in [4.69, 9.17) is 0 Å². The molecule has 0 unspecified atom stereocenters. The predicted octanol–water partition coefficient (Wildman–Crippen LogP) is 3.18. The molecule has 0 aliphatic heterocycles. The molecular weight excluding hydrogens is 305 g/mol. The summed E-state index contributed by atoms with van der Waals surface area (Å²) in [6.45, 7) is 3.28. The maximum Gasteiger partial charge on any atom is 0.256 e. The molecule has 4 nitrogen and oxygen atoms in total. The third-order valence-corrected chi connectivity index (χ3v) is 5.05. The molecule has 0 bridgehead atoms. The van der Waals surface area contributed by atoms with Gasteiger partial charge in [0.05, 0.1) is 10.6 Å². The van der Waals surface area contributed by atoms with Gasteiger partial charge in [-0.2, -0.15) is 0 Å². The van der Waals surface area contributed by atoms with Gasteiger partial charge in [-0.1, -0.05) is 13.0 Å². The number of hydrogen-bond acceptors (Lipinski definition) is 3. The summed E-state index contributed by atoms with van der Waals surface area (Å²) < 4.78 is 36.6. The van der Waals surface area contributed by atoms with E-state index in [-0.39, 0.29) is 16.2 Å². The Hall–Kier alpha value is -2.21. The van der Waals surface area contributed by atoms with E-state index in [2.05, 4.69) is 5.32 Å². The first-order chi connectivity index (χ1) is 10.3. The van der Waals surface area contributed by atoms with Gasteiger partial charge < -0.3 is 5.32 Å². The van der Waals surface area contributed by atoms with Crippen molar-refractivity contribution in [1.82, 2.24) is 0 Å². The third kappa shape index (κ3) is 3.51. The van der Waals surface area contributed by atoms with Crippen molar-refractivity contribution in [3.63, 3.8) is 0 Å². The van der Waals surface area contributed by atoms with Gasteiger partial charge in [0.25, 0.3) is 5.91 Å². The molecule has 1 N–H and O–H groups in total. The second-order valence-electron chi connectivity index (χ2n) is 4.84. The monoisotopic (exact) mass is 321 g/mol. The number of rotatable bonds is 4. The van der Waals surface area contributed by atoms with Gasteiger partial charge in [0, 0.05) is 11.3 Å². The number of sulfone groups is 1. The van der Waals surface area contributed by atoms with E-state index in [1.54, 1.807) is 13.8 Å². The van der Waals surface area contributed by atoms with Crippen LogP contribution < -0.4 is 5.32 Å². The van der Waals surface area contributed by atoms with Crippen molar-refractivity contribution >= 4 is 21.4 Å². The van der Waals surface area contributed by atoms with Crippen LogP contribution in [0.15, 0.2) is 47.4 Å². The van der Waals surface area contributed by atoms with Crippen molar-refractivity contribution < 1.29 is 17.6 Å². The molecule has 0 saturated carbocycles. The molecule has 2 rings (SSSR count). The summed E-state index contributed by atoms with van der Waals surface area (Å²) in [4.78, 5) is 12.3. The van der Waals surface area contributed by atoms with Crippen molar-refractivity contribution in [2.24, 2.45) is 0 Å². The van der Waals surface area contributed by atoms with Gasteiger partial charge in [0.15, 0.2) is 9.84 Å². The fraction of sp³-hybridized carbons (Fsp3) is 0.188. The van der Waals surface area contributed by atoms with E-state index >= 15 is 0 Å². The van der Waals surface area contributed by atoms with Crippen LogP contribution in [0.5, 0.6) is 0 Å². The molecule has 0 saturated heterocycles. The number of carbonyl (C=O) groups is 1. The van der Waals surface area contributed by atoms with Crippen LogP contribution in [0.4, 0.5) is 10.1 Å². The van der Waals surface area contributed by atoms with Gasteiger partial charge in [0.2, 0.25) is 0 Å². The molecule has 1 amide bonds. The molecule has 116 valence electrons. The zero-order valence-corrected chi connectivity index (χ0v) is 13.1. The topological polar surface area (TPSA) is 63.2 Å². The Morgan fingerprint density at radius 3 is 2.36 bits per heavy atom. The first-order valence-electron chi connectivity index (χ1n) is 6.74. The minimum absolute atomic E-state index is 0.0151. The van der Waals surface area contributed by atoms with Crippen molar-refractivity contribution in [3.05, 3.63) is 59.4 Å². The van der Waals surface area contributed by atoms with E-state index in [0.717, 1.165) is 0 Å². The largest absolute Gasteiger partial charge is 0.322 e. The maximum atomic E-state index is 13.2. The van der Waals surface area contributed by atoms with Crippen LogP contribution in [-0.4, -0.2) is 20.1 Å². The smallest absolute Gasteiger partial charge is 0.256 e. The molecule has 0 aliphatic rings. The van der Waals surface area contributed by atoms with Crippen LogP contribution in [0.3, 0.4) is 0 Å². The number of aryl methyl sites for hydroxylation is 1. The van der Waals surface area contributed by atoms with E-state index < -0.39 is 21.6 Å². The fourth-order valence-corrected chi connectivity index (χ4v) is 2.83. The number of anilines is 1. The quantitative estimate of drug-likeness (QED) is 0.940. The second-order valence-corrected chi connectivity index (χ2v) is 7.12. The molecule has 0 aliphatic carbocycles. The SMILES string of the molecule is CCS(=O)(=O)c1ccc(NC(=O)c2cc(F)ccc2C)cc1. The number of carbonyl (C=O) groups excluding carboxylic acids is 1. The van der Waals surface area contributed by atoms with Crippen LogP contribution in [0.1, 0.15) is 22.8 Å². The highest BCUT2D eigenvalue weighted by atomic mass is 32.2. The summed E-state index contributed by atoms with van der Waals surface area (Å²) in [5.41, 5.74) is 1.35. The zero-order chi connectivity index (χ0) is 16.3. The molecule has 2 aromatic rings. The summed E-state index contributed by atoms with van der Waals surface area (Å²) in [5.74, 6) is -0.912. The molecule has 0 heterocycles. The lowest BCUT2D eigenvalue weighted by atomic mass is 10.1. The second kappa shape index (κ2) is 6.27. The summed E-state index contributed by atoms with van der Waals surface area (Å²) in [7, 11) is -3.27. The van der Waals surface area contributed by atoms with Crippen molar-refractivity contribution in [1.29, 1.82) is 0 Å². The highest BCUT2D eigenvalue weighted by Gasteiger charge is 2.13. The zero-order valence-electron chi connectivity index (χ0n) is 12.3. The number of amides is 1. The molecule has 6 heteroatoms. The van der Waals surface area contributed by atoms with Gasteiger partial charge in [-0.15, -0.1) is 0 Å². The normalized spacial score (nSPS) is 11.2. The Bertz CT molecular complexity index is 799. The van der Waals surface area contributed by atoms with Gasteiger partial charge in [-0.05, 0) is 48.9 Å². The first-order valence-corrected chi connectivity index (χ1v) is 8.39. The van der Waals surface area contributed by atoms with Gasteiger partial charge in [0.1, 0.15) is 5.82 Å². The van der Waals surface area contributed by atoms with Crippen LogP contribution in [0, 0.1) is 12.7 Å². The number of benzene rings is 2. The Kier molecular flexibility index (Phi) is 4.61. The number of hydrogen-bond donors (Lipinski definition) is 1. The van der Waals surface area contributed by atoms with E-state index in [1.807, 2.05) is 0 Å². The van der Waals surface area contributed by atoms with Crippen LogP contribution in [0.2, 0.25) is 0 Å². The summed E-state index contributed by atoms with van der Waals surface area (Å²) in [5, 5.41) is 2.62. The fourth-order valence-electron chi connectivity index (χ4n) is 1.95. The minimum Gasteiger partial charge on any atom is -0.322 e. The summed E-state index contributed by atoms with van der Waals surface area (Å²) in [6.07, 6.45) is 0. The molecule has 22 heavy (non-hydrogen) atoms. The van der Waals surface area contributed by atoms with Crippen molar-refractivity contribution in [2.45, 2.75) is 18.7 Å². The predicted molar refractivity (Wildman–Crippen MR) is 83.3 cm³/mol. The molecule has 0 aromatic heterocycles. The van der Waals surface area contributed by atoms with E-state index in [1.165, 1.54) is 42.5 Å². The lowest BCUT2D eigenvalue weighted by molar-refractivity contribution is 0.102. The van der Waals surface area contributed by atoms with Crippen LogP contribution in [-0.2, 0) is 9.84 Å². The lowest BCUT2D eigenvalue weighted by Crippen LogP contribution is -2.14. The van der Waals surface area contributed by atoms with Crippen LogP contribution >= 0.6 is 0 Å². The van der Waals surface area contributed by atoms with Crippen molar-refractivity contribution in [2.75, 3.05) is 11.1 Å². The Labute approximate surface area is 128 Å².